The molecule has 1 aliphatic rings. The van der Waals surface area contributed by atoms with Gasteiger partial charge in [-0.25, -0.2) is 0 Å². The number of likely N-dealkylation sites (tertiary alicyclic amines) is 1. The lowest BCUT2D eigenvalue weighted by Gasteiger charge is -2.37. The van der Waals surface area contributed by atoms with Crippen molar-refractivity contribution >= 4 is 28.2 Å². The summed E-state index contributed by atoms with van der Waals surface area (Å²) in [6.07, 6.45) is 3.49. The highest BCUT2D eigenvalue weighted by Gasteiger charge is 2.31. The van der Waals surface area contributed by atoms with E-state index in [2.05, 4.69) is 21.7 Å². The van der Waals surface area contributed by atoms with Crippen LogP contribution in [0.2, 0.25) is 0 Å². The molecule has 3 heterocycles. The Balaban J connectivity index is 1.39. The van der Waals surface area contributed by atoms with E-state index in [0.717, 1.165) is 53.0 Å². The molecule has 2 N–H and O–H groups in total. The molecule has 178 valence electrons. The molecular weight excluding hydrogens is 448 g/mol. The van der Waals surface area contributed by atoms with Crippen molar-refractivity contribution in [3.8, 4) is 17.6 Å². The van der Waals surface area contributed by atoms with Crippen LogP contribution in [-0.2, 0) is 4.79 Å². The van der Waals surface area contributed by atoms with E-state index >= 15 is 0 Å². The maximum Gasteiger partial charge on any atom is 0.303 e. The highest BCUT2D eigenvalue weighted by atomic mass is 32.1. The zero-order valence-electron chi connectivity index (χ0n) is 19.3. The predicted molar refractivity (Wildman–Crippen MR) is 134 cm³/mol. The summed E-state index contributed by atoms with van der Waals surface area (Å²) in [5.41, 5.74) is 1.65. The minimum atomic E-state index is -0.769. The second kappa shape index (κ2) is 11.5. The van der Waals surface area contributed by atoms with Crippen molar-refractivity contribution in [2.45, 2.75) is 31.8 Å². The number of pyridine rings is 1. The van der Waals surface area contributed by atoms with Crippen LogP contribution in [0.15, 0.2) is 48.0 Å². The fraction of sp³-hybridized carbons (Fsp3) is 0.407. The maximum atomic E-state index is 11.5. The van der Waals surface area contributed by atoms with E-state index in [9.17, 15) is 15.0 Å². The van der Waals surface area contributed by atoms with E-state index in [1.54, 1.807) is 24.6 Å². The number of piperidine rings is 1. The summed E-state index contributed by atoms with van der Waals surface area (Å²) in [7, 11) is 1.62. The van der Waals surface area contributed by atoms with Gasteiger partial charge < -0.3 is 14.9 Å². The molecule has 2 aromatic heterocycles. The summed E-state index contributed by atoms with van der Waals surface area (Å²) < 4.78 is 5.34. The molecule has 0 spiro atoms. The van der Waals surface area contributed by atoms with Crippen LogP contribution in [0.4, 0.5) is 0 Å². The smallest absolute Gasteiger partial charge is 0.303 e. The van der Waals surface area contributed by atoms with E-state index in [1.165, 1.54) is 0 Å². The number of ether oxygens (including phenoxy) is 1. The molecule has 4 rings (SSSR count). The number of aromatic nitrogens is 1. The lowest BCUT2D eigenvalue weighted by molar-refractivity contribution is -0.139. The molecule has 3 aromatic rings. The van der Waals surface area contributed by atoms with Crippen LogP contribution in [0, 0.1) is 23.7 Å². The quantitative estimate of drug-likeness (QED) is 0.461. The highest BCUT2D eigenvalue weighted by molar-refractivity contribution is 7.10. The molecule has 0 bridgehead atoms. The number of nitrogens with zero attached hydrogens (tertiary/aromatic N) is 2. The molecule has 0 saturated carbocycles. The Labute approximate surface area is 204 Å². The molecule has 6 nitrogen and oxygen atoms in total. The normalized spacial score (nSPS) is 19.4. The molecular formula is C27H30N2O4S. The van der Waals surface area contributed by atoms with Gasteiger partial charge in [-0.15, -0.1) is 11.3 Å². The van der Waals surface area contributed by atoms with Crippen LogP contribution in [0.1, 0.15) is 42.2 Å². The summed E-state index contributed by atoms with van der Waals surface area (Å²) in [4.78, 5) is 19.2. The van der Waals surface area contributed by atoms with Crippen LogP contribution in [0.5, 0.6) is 5.75 Å². The van der Waals surface area contributed by atoms with Crippen molar-refractivity contribution in [2.75, 3.05) is 26.7 Å². The Morgan fingerprint density at radius 3 is 2.97 bits per heavy atom. The first-order chi connectivity index (χ1) is 16.5. The molecule has 3 atom stereocenters. The highest BCUT2D eigenvalue weighted by Crippen LogP contribution is 2.34. The number of hydrogen-bond acceptors (Lipinski definition) is 6. The minimum Gasteiger partial charge on any atom is -0.497 e. The van der Waals surface area contributed by atoms with Crippen molar-refractivity contribution in [1.29, 1.82) is 0 Å². The third-order valence-electron chi connectivity index (χ3n) is 6.60. The number of hydrogen-bond donors (Lipinski definition) is 2. The van der Waals surface area contributed by atoms with Crippen LogP contribution < -0.4 is 4.74 Å². The van der Waals surface area contributed by atoms with Gasteiger partial charge >= 0.3 is 5.97 Å². The lowest BCUT2D eigenvalue weighted by Crippen LogP contribution is -2.41. The maximum absolute atomic E-state index is 11.5. The van der Waals surface area contributed by atoms with Gasteiger partial charge in [0.2, 0.25) is 0 Å². The second-order valence-corrected chi connectivity index (χ2v) is 9.74. The predicted octanol–water partition coefficient (Wildman–Crippen LogP) is 4.58. The third kappa shape index (κ3) is 6.15. The fourth-order valence-electron chi connectivity index (χ4n) is 4.81. The van der Waals surface area contributed by atoms with E-state index in [0.29, 0.717) is 13.0 Å². The number of carboxylic acid groups (broad SMARTS) is 1. The summed E-state index contributed by atoms with van der Waals surface area (Å²) in [5.74, 6) is 6.68. The van der Waals surface area contributed by atoms with E-state index in [1.807, 2.05) is 41.8 Å². The number of carboxylic acids is 1. The van der Waals surface area contributed by atoms with E-state index < -0.39 is 12.1 Å². The summed E-state index contributed by atoms with van der Waals surface area (Å²) in [6, 6.07) is 11.5. The number of benzene rings is 1. The van der Waals surface area contributed by atoms with Crippen molar-refractivity contribution in [1.82, 2.24) is 9.88 Å². The number of aliphatic hydroxyl groups is 1. The Kier molecular flexibility index (Phi) is 8.17. The van der Waals surface area contributed by atoms with Crippen molar-refractivity contribution in [2.24, 2.45) is 11.8 Å². The SMILES string of the molecule is COc1ccc2nccc([C@H](O)CC[C@@H]3CCN(CC#Cc4cccs4)C[C@H]3CC(=O)O)c2c1. The average Bonchev–Trinajstić information content (AvgIpc) is 3.36. The molecule has 1 saturated heterocycles. The number of fused-ring (bicyclic) bond motifs is 1. The standard InChI is InChI=1S/C27H30N2O4S/c1-33-21-7-8-25-24(17-21)23(10-12-28-25)26(30)9-6-19-11-14-29(18-20(19)16-27(31)32)13-2-4-22-5-3-15-34-22/h3,5,7-8,10,12,15,17,19-20,26,30H,6,9,11,13-14,16,18H2,1H3,(H,31,32)/t19-,20-,26-/m1/s1. The van der Waals surface area contributed by atoms with Gasteiger partial charge in [0.05, 0.1) is 30.2 Å². The zero-order chi connectivity index (χ0) is 23.9. The van der Waals surface area contributed by atoms with E-state index in [-0.39, 0.29) is 18.3 Å². The first kappa shape index (κ1) is 24.2. The summed E-state index contributed by atoms with van der Waals surface area (Å²) >= 11 is 1.62. The lowest BCUT2D eigenvalue weighted by atomic mass is 9.79. The topological polar surface area (TPSA) is 82.9 Å². The fourth-order valence-corrected chi connectivity index (χ4v) is 5.41. The van der Waals surface area contributed by atoms with Crippen molar-refractivity contribution < 1.29 is 19.7 Å². The average molecular weight is 479 g/mol. The number of methoxy groups -OCH3 is 1. The van der Waals surface area contributed by atoms with Crippen LogP contribution in [0.25, 0.3) is 10.9 Å². The molecule has 1 aliphatic heterocycles. The molecule has 0 radical (unpaired) electrons. The number of thiophene rings is 1. The number of rotatable bonds is 8. The molecule has 0 aliphatic carbocycles. The van der Waals surface area contributed by atoms with Gasteiger partial charge in [-0.3, -0.25) is 14.7 Å². The summed E-state index contributed by atoms with van der Waals surface area (Å²) in [5, 5.41) is 23.4. The van der Waals surface area contributed by atoms with Gasteiger partial charge in [0.15, 0.2) is 0 Å². The van der Waals surface area contributed by atoms with Crippen LogP contribution >= 0.6 is 11.3 Å². The zero-order valence-corrected chi connectivity index (χ0v) is 20.1. The van der Waals surface area contributed by atoms with Crippen LogP contribution in [-0.4, -0.2) is 52.8 Å². The van der Waals surface area contributed by atoms with Crippen LogP contribution in [0.3, 0.4) is 0 Å². The van der Waals surface area contributed by atoms with Gasteiger partial charge in [0.25, 0.3) is 0 Å². The number of aliphatic hydroxyl groups excluding tert-OH is 1. The third-order valence-corrected chi connectivity index (χ3v) is 7.39. The second-order valence-electron chi connectivity index (χ2n) is 8.80. The first-order valence-corrected chi connectivity index (χ1v) is 12.5. The largest absolute Gasteiger partial charge is 0.497 e. The van der Waals surface area contributed by atoms with E-state index in [4.69, 9.17) is 4.74 Å². The monoisotopic (exact) mass is 478 g/mol. The Bertz CT molecular complexity index is 1170. The minimum absolute atomic E-state index is 0.0521. The molecule has 34 heavy (non-hydrogen) atoms. The van der Waals surface area contributed by atoms with Crippen molar-refractivity contribution in [3.63, 3.8) is 0 Å². The number of carbonyl (C=O) groups is 1. The molecule has 0 unspecified atom stereocenters. The first-order valence-electron chi connectivity index (χ1n) is 11.6. The Morgan fingerprint density at radius 2 is 2.21 bits per heavy atom. The van der Waals surface area contributed by atoms with Gasteiger partial charge in [-0.2, -0.15) is 0 Å². The molecule has 0 amide bonds. The molecule has 7 heteroatoms. The summed E-state index contributed by atoms with van der Waals surface area (Å²) in [6.45, 7) is 2.27. The van der Waals surface area contributed by atoms with Gasteiger partial charge in [0.1, 0.15) is 5.75 Å². The molecule has 1 aromatic carbocycles. The van der Waals surface area contributed by atoms with Crippen molar-refractivity contribution in [3.05, 3.63) is 58.4 Å². The Morgan fingerprint density at radius 1 is 1.32 bits per heavy atom. The molecule has 1 fully saturated rings. The van der Waals surface area contributed by atoms with Gasteiger partial charge in [-0.05, 0) is 78.9 Å². The van der Waals surface area contributed by atoms with Gasteiger partial charge in [0, 0.05) is 24.5 Å². The number of aliphatic carboxylic acids is 1. The Hall–Kier alpha value is -2.92. The van der Waals surface area contributed by atoms with Gasteiger partial charge in [-0.1, -0.05) is 17.9 Å².